The first-order valence-corrected chi connectivity index (χ1v) is 6.10. The van der Waals surface area contributed by atoms with Crippen molar-refractivity contribution in [2.24, 2.45) is 0 Å². The first-order valence-electron chi connectivity index (χ1n) is 6.10. The second kappa shape index (κ2) is 6.21. The number of nitrogens with one attached hydrogen (secondary N) is 1. The Morgan fingerprint density at radius 2 is 1.80 bits per heavy atom. The molecule has 102 valence electrons. The smallest absolute Gasteiger partial charge is 0.128 e. The Kier molecular flexibility index (Phi) is 4.38. The average Bonchev–Trinajstić information content (AvgIpc) is 2.47. The van der Waals surface area contributed by atoms with Gasteiger partial charge in [0.05, 0.1) is 0 Å². The van der Waals surface area contributed by atoms with Gasteiger partial charge < -0.3 is 11.1 Å². The van der Waals surface area contributed by atoms with Crippen LogP contribution in [0.15, 0.2) is 55.0 Å². The Balaban J connectivity index is 0.00000147. The molecule has 0 aliphatic heterocycles. The van der Waals surface area contributed by atoms with Crippen molar-refractivity contribution in [2.75, 3.05) is 11.1 Å². The molecule has 3 rings (SSSR count). The van der Waals surface area contributed by atoms with Crippen LogP contribution in [-0.2, 0) is 6.54 Å². The SMILES string of the molecule is Cl.Nc1ncc2ccccc2c1CNc1ccncc1. The molecule has 0 saturated carbocycles. The lowest BCUT2D eigenvalue weighted by Crippen LogP contribution is -2.05. The van der Waals surface area contributed by atoms with Gasteiger partial charge in [-0.3, -0.25) is 4.98 Å². The van der Waals surface area contributed by atoms with Gasteiger partial charge in [-0.25, -0.2) is 4.98 Å². The lowest BCUT2D eigenvalue weighted by Gasteiger charge is -2.11. The minimum atomic E-state index is 0. The largest absolute Gasteiger partial charge is 0.383 e. The van der Waals surface area contributed by atoms with Crippen LogP contribution in [0.2, 0.25) is 0 Å². The van der Waals surface area contributed by atoms with Gasteiger partial charge >= 0.3 is 0 Å². The van der Waals surface area contributed by atoms with E-state index in [0.717, 1.165) is 22.0 Å². The zero-order valence-corrected chi connectivity index (χ0v) is 11.6. The molecule has 0 bridgehead atoms. The zero-order chi connectivity index (χ0) is 13.1. The number of hydrogen-bond donors (Lipinski definition) is 2. The summed E-state index contributed by atoms with van der Waals surface area (Å²) in [7, 11) is 0. The van der Waals surface area contributed by atoms with Gasteiger partial charge in [0.15, 0.2) is 0 Å². The summed E-state index contributed by atoms with van der Waals surface area (Å²) >= 11 is 0. The summed E-state index contributed by atoms with van der Waals surface area (Å²) in [4.78, 5) is 8.24. The predicted octanol–water partition coefficient (Wildman–Crippen LogP) is 3.25. The van der Waals surface area contributed by atoms with E-state index in [-0.39, 0.29) is 12.4 Å². The quantitative estimate of drug-likeness (QED) is 0.776. The number of anilines is 2. The fourth-order valence-electron chi connectivity index (χ4n) is 2.09. The van der Waals surface area contributed by atoms with Crippen molar-refractivity contribution in [1.82, 2.24) is 9.97 Å². The van der Waals surface area contributed by atoms with E-state index in [1.807, 2.05) is 30.3 Å². The van der Waals surface area contributed by atoms with Gasteiger partial charge in [-0.05, 0) is 17.5 Å². The van der Waals surface area contributed by atoms with Crippen LogP contribution in [0, 0.1) is 0 Å². The van der Waals surface area contributed by atoms with Crippen LogP contribution in [0.3, 0.4) is 0 Å². The minimum absolute atomic E-state index is 0. The lowest BCUT2D eigenvalue weighted by atomic mass is 10.1. The summed E-state index contributed by atoms with van der Waals surface area (Å²) in [6.07, 6.45) is 5.32. The third-order valence-electron chi connectivity index (χ3n) is 3.09. The molecule has 20 heavy (non-hydrogen) atoms. The summed E-state index contributed by atoms with van der Waals surface area (Å²) in [6, 6.07) is 12.0. The van der Waals surface area contributed by atoms with E-state index in [1.165, 1.54) is 0 Å². The molecule has 1 aromatic carbocycles. The van der Waals surface area contributed by atoms with Crippen LogP contribution in [0.25, 0.3) is 10.8 Å². The molecular weight excluding hydrogens is 272 g/mol. The van der Waals surface area contributed by atoms with E-state index in [4.69, 9.17) is 5.73 Å². The molecule has 0 aliphatic carbocycles. The molecule has 0 amide bonds. The number of rotatable bonds is 3. The van der Waals surface area contributed by atoms with Gasteiger partial charge in [0, 0.05) is 41.8 Å². The van der Waals surface area contributed by atoms with Gasteiger partial charge in [-0.1, -0.05) is 24.3 Å². The van der Waals surface area contributed by atoms with Gasteiger partial charge in [-0.2, -0.15) is 0 Å². The van der Waals surface area contributed by atoms with E-state index in [0.29, 0.717) is 12.4 Å². The zero-order valence-electron chi connectivity index (χ0n) is 10.8. The third kappa shape index (κ3) is 2.81. The van der Waals surface area contributed by atoms with E-state index in [9.17, 15) is 0 Å². The molecule has 0 fully saturated rings. The van der Waals surface area contributed by atoms with E-state index in [1.54, 1.807) is 18.6 Å². The molecule has 0 aliphatic rings. The lowest BCUT2D eigenvalue weighted by molar-refractivity contribution is 1.14. The topological polar surface area (TPSA) is 63.8 Å². The number of hydrogen-bond acceptors (Lipinski definition) is 4. The average molecular weight is 287 g/mol. The van der Waals surface area contributed by atoms with Crippen molar-refractivity contribution in [1.29, 1.82) is 0 Å². The summed E-state index contributed by atoms with van der Waals surface area (Å²) in [6.45, 7) is 0.643. The van der Waals surface area contributed by atoms with Crippen molar-refractivity contribution in [3.8, 4) is 0 Å². The van der Waals surface area contributed by atoms with Crippen molar-refractivity contribution in [2.45, 2.75) is 6.54 Å². The molecule has 0 saturated heterocycles. The van der Waals surface area contributed by atoms with E-state index >= 15 is 0 Å². The Morgan fingerprint density at radius 3 is 2.60 bits per heavy atom. The summed E-state index contributed by atoms with van der Waals surface area (Å²) in [5.41, 5.74) is 8.03. The number of aromatic nitrogens is 2. The molecule has 2 aromatic heterocycles. The van der Waals surface area contributed by atoms with Crippen LogP contribution >= 0.6 is 12.4 Å². The van der Waals surface area contributed by atoms with Crippen molar-refractivity contribution >= 4 is 34.7 Å². The van der Waals surface area contributed by atoms with Crippen LogP contribution in [0.4, 0.5) is 11.5 Å². The van der Waals surface area contributed by atoms with Gasteiger partial charge in [0.2, 0.25) is 0 Å². The normalized spacial score (nSPS) is 10.0. The second-order valence-corrected chi connectivity index (χ2v) is 4.30. The second-order valence-electron chi connectivity index (χ2n) is 4.30. The molecule has 0 radical (unpaired) electrons. The first kappa shape index (κ1) is 14.1. The van der Waals surface area contributed by atoms with Crippen molar-refractivity contribution in [3.05, 3.63) is 60.6 Å². The fraction of sp³-hybridized carbons (Fsp3) is 0.0667. The van der Waals surface area contributed by atoms with Crippen molar-refractivity contribution in [3.63, 3.8) is 0 Å². The maximum Gasteiger partial charge on any atom is 0.128 e. The number of pyridine rings is 2. The Bertz CT molecular complexity index is 701. The summed E-state index contributed by atoms with van der Waals surface area (Å²) in [5.74, 6) is 0.570. The maximum atomic E-state index is 5.99. The maximum absolute atomic E-state index is 5.99. The third-order valence-corrected chi connectivity index (χ3v) is 3.09. The number of halogens is 1. The number of nitrogens with zero attached hydrogens (tertiary/aromatic N) is 2. The number of nitrogens with two attached hydrogens (primary N) is 1. The van der Waals surface area contributed by atoms with Crippen LogP contribution in [0.5, 0.6) is 0 Å². The summed E-state index contributed by atoms with van der Waals surface area (Å²) < 4.78 is 0. The predicted molar refractivity (Wildman–Crippen MR) is 85.0 cm³/mol. The van der Waals surface area contributed by atoms with Crippen LogP contribution in [-0.4, -0.2) is 9.97 Å². The Hall–Kier alpha value is -2.33. The number of fused-ring (bicyclic) bond motifs is 1. The number of benzene rings is 1. The van der Waals surface area contributed by atoms with Gasteiger partial charge in [0.1, 0.15) is 5.82 Å². The molecular formula is C15H15ClN4. The van der Waals surface area contributed by atoms with E-state index in [2.05, 4.69) is 21.4 Å². The Morgan fingerprint density at radius 1 is 1.05 bits per heavy atom. The Labute approximate surface area is 123 Å². The highest BCUT2D eigenvalue weighted by atomic mass is 35.5. The fourth-order valence-corrected chi connectivity index (χ4v) is 2.09. The van der Waals surface area contributed by atoms with E-state index < -0.39 is 0 Å². The highest BCUT2D eigenvalue weighted by Gasteiger charge is 2.06. The molecule has 4 nitrogen and oxygen atoms in total. The minimum Gasteiger partial charge on any atom is -0.383 e. The van der Waals surface area contributed by atoms with Crippen LogP contribution in [0.1, 0.15) is 5.56 Å². The molecule has 0 atom stereocenters. The molecule has 0 unspecified atom stereocenters. The van der Waals surface area contributed by atoms with Gasteiger partial charge in [0.25, 0.3) is 0 Å². The standard InChI is InChI=1S/C15H14N4.ClH/c16-15-14(10-18-12-5-7-17-8-6-12)13-4-2-1-3-11(13)9-19-15;/h1-9H,10H2,(H2,16,19)(H,17,18);1H. The van der Waals surface area contributed by atoms with Crippen molar-refractivity contribution < 1.29 is 0 Å². The molecule has 3 aromatic rings. The van der Waals surface area contributed by atoms with Crippen LogP contribution < -0.4 is 11.1 Å². The first-order chi connectivity index (χ1) is 9.34. The molecule has 0 spiro atoms. The molecule has 5 heteroatoms. The molecule has 3 N–H and O–H groups in total. The monoisotopic (exact) mass is 286 g/mol. The summed E-state index contributed by atoms with van der Waals surface area (Å²) in [5, 5.41) is 5.57. The number of nitrogen functional groups attached to an aromatic ring is 1. The molecule has 2 heterocycles. The van der Waals surface area contributed by atoms with Gasteiger partial charge in [-0.15, -0.1) is 12.4 Å². The highest BCUT2D eigenvalue weighted by Crippen LogP contribution is 2.22. The highest BCUT2D eigenvalue weighted by molar-refractivity contribution is 5.88.